The highest BCUT2D eigenvalue weighted by Crippen LogP contribution is 2.44. The molecule has 1 nitrogen and oxygen atoms in total. The highest BCUT2D eigenvalue weighted by atomic mass is 14.6. The lowest BCUT2D eigenvalue weighted by Gasteiger charge is -2.27. The molecular formula is C49H37N. The van der Waals surface area contributed by atoms with Gasteiger partial charge in [0.2, 0.25) is 0 Å². The lowest BCUT2D eigenvalue weighted by atomic mass is 9.77. The molecule has 50 heavy (non-hydrogen) atoms. The van der Waals surface area contributed by atoms with Crippen LogP contribution in [-0.4, -0.2) is 0 Å². The zero-order valence-electron chi connectivity index (χ0n) is 28.1. The van der Waals surface area contributed by atoms with Gasteiger partial charge in [-0.3, -0.25) is 0 Å². The first kappa shape index (κ1) is 29.9. The Balaban J connectivity index is 1.30. The summed E-state index contributed by atoms with van der Waals surface area (Å²) in [6.07, 6.45) is 0. The summed E-state index contributed by atoms with van der Waals surface area (Å²) in [6.45, 7) is 2.21. The zero-order valence-corrected chi connectivity index (χ0v) is 28.1. The van der Waals surface area contributed by atoms with Crippen LogP contribution >= 0.6 is 0 Å². The van der Waals surface area contributed by atoms with Crippen molar-refractivity contribution in [2.45, 2.75) is 18.8 Å². The first-order valence-corrected chi connectivity index (χ1v) is 17.4. The van der Waals surface area contributed by atoms with Crippen LogP contribution < -0.4 is 5.73 Å². The number of aryl methyl sites for hydroxylation is 1. The number of benzene rings is 9. The van der Waals surface area contributed by atoms with Crippen LogP contribution in [0.4, 0.5) is 5.69 Å². The standard InChI is InChI=1S/C49H37N/c1-32-26-45(47(41-22-18-33-10-2-6-14-37(33)28-41)42-23-19-34-11-3-7-15-38(34)29-42)49(50)46(27-32)48(43-24-20-35-12-4-8-16-39(35)30-43)44-25-21-36-13-5-9-17-40(36)31-44/h2-31,47-48H,50H2,1H3. The summed E-state index contributed by atoms with van der Waals surface area (Å²) in [6, 6.07) is 66.6. The fourth-order valence-corrected chi connectivity index (χ4v) is 7.98. The molecule has 0 fully saturated rings. The van der Waals surface area contributed by atoms with Crippen LogP contribution in [0.5, 0.6) is 0 Å². The van der Waals surface area contributed by atoms with Crippen molar-refractivity contribution in [1.29, 1.82) is 0 Å². The molecule has 1 heteroatoms. The molecule has 0 saturated heterocycles. The second kappa shape index (κ2) is 12.4. The fourth-order valence-electron chi connectivity index (χ4n) is 7.98. The van der Waals surface area contributed by atoms with Gasteiger partial charge < -0.3 is 5.73 Å². The van der Waals surface area contributed by atoms with Gasteiger partial charge in [0.05, 0.1) is 0 Å². The van der Waals surface area contributed by atoms with Gasteiger partial charge in [-0.1, -0.05) is 188 Å². The van der Waals surface area contributed by atoms with E-state index in [1.165, 1.54) is 70.9 Å². The predicted octanol–water partition coefficient (Wildman–Crippen LogP) is 12.6. The highest BCUT2D eigenvalue weighted by Gasteiger charge is 2.27. The molecule has 0 atom stereocenters. The van der Waals surface area contributed by atoms with Gasteiger partial charge >= 0.3 is 0 Å². The molecule has 0 radical (unpaired) electrons. The third kappa shape index (κ3) is 5.38. The van der Waals surface area contributed by atoms with Crippen molar-refractivity contribution in [2.24, 2.45) is 0 Å². The molecule has 0 aliphatic rings. The van der Waals surface area contributed by atoms with Gasteiger partial charge in [-0.05, 0) is 83.4 Å². The normalized spacial score (nSPS) is 11.7. The van der Waals surface area contributed by atoms with Crippen molar-refractivity contribution in [3.63, 3.8) is 0 Å². The smallest absolute Gasteiger partial charge is 0.0398 e. The summed E-state index contributed by atoms with van der Waals surface area (Å²) in [5.41, 5.74) is 16.8. The van der Waals surface area contributed by atoms with Gasteiger partial charge in [-0.25, -0.2) is 0 Å². The Morgan fingerprint density at radius 1 is 0.320 bits per heavy atom. The average molecular weight is 640 g/mol. The number of nitrogens with two attached hydrogens (primary N) is 1. The molecule has 9 rings (SSSR count). The minimum absolute atomic E-state index is 0.0586. The lowest BCUT2D eigenvalue weighted by Crippen LogP contribution is -2.13. The van der Waals surface area contributed by atoms with Crippen LogP contribution in [0.15, 0.2) is 182 Å². The molecule has 0 aliphatic heterocycles. The largest absolute Gasteiger partial charge is 0.398 e. The molecule has 0 spiro atoms. The Morgan fingerprint density at radius 3 is 0.860 bits per heavy atom. The van der Waals surface area contributed by atoms with Crippen molar-refractivity contribution < 1.29 is 0 Å². The minimum atomic E-state index is -0.0586. The van der Waals surface area contributed by atoms with Crippen LogP contribution in [0.3, 0.4) is 0 Å². The van der Waals surface area contributed by atoms with Gasteiger partial charge in [-0.2, -0.15) is 0 Å². The maximum absolute atomic E-state index is 7.55. The van der Waals surface area contributed by atoms with Crippen molar-refractivity contribution >= 4 is 48.8 Å². The molecule has 0 aromatic heterocycles. The monoisotopic (exact) mass is 639 g/mol. The summed E-state index contributed by atoms with van der Waals surface area (Å²) in [7, 11) is 0. The maximum atomic E-state index is 7.55. The number of fused-ring (bicyclic) bond motifs is 4. The van der Waals surface area contributed by atoms with Crippen molar-refractivity contribution in [3.8, 4) is 0 Å². The molecule has 9 aromatic carbocycles. The summed E-state index contributed by atoms with van der Waals surface area (Å²) in [5, 5.41) is 9.86. The molecule has 0 saturated carbocycles. The minimum Gasteiger partial charge on any atom is -0.398 e. The molecule has 0 unspecified atom stereocenters. The van der Waals surface area contributed by atoms with Crippen molar-refractivity contribution in [1.82, 2.24) is 0 Å². The predicted molar refractivity (Wildman–Crippen MR) is 213 cm³/mol. The van der Waals surface area contributed by atoms with E-state index in [1.54, 1.807) is 0 Å². The van der Waals surface area contributed by atoms with Gasteiger partial charge in [0.1, 0.15) is 0 Å². The third-order valence-corrected chi connectivity index (χ3v) is 10.4. The van der Waals surface area contributed by atoms with E-state index < -0.39 is 0 Å². The molecule has 0 amide bonds. The second-order valence-corrected chi connectivity index (χ2v) is 13.6. The van der Waals surface area contributed by atoms with Crippen LogP contribution in [0, 0.1) is 6.92 Å². The maximum Gasteiger partial charge on any atom is 0.0398 e. The Morgan fingerprint density at radius 2 is 0.580 bits per heavy atom. The Labute approximate surface area is 293 Å². The van der Waals surface area contributed by atoms with E-state index in [-0.39, 0.29) is 11.8 Å². The molecule has 2 N–H and O–H groups in total. The number of hydrogen-bond acceptors (Lipinski definition) is 1. The number of rotatable bonds is 6. The van der Waals surface area contributed by atoms with E-state index >= 15 is 0 Å². The zero-order chi connectivity index (χ0) is 33.6. The van der Waals surface area contributed by atoms with E-state index in [0.717, 1.165) is 16.8 Å². The van der Waals surface area contributed by atoms with Crippen LogP contribution in [0.25, 0.3) is 43.1 Å². The summed E-state index contributed by atoms with van der Waals surface area (Å²) < 4.78 is 0. The SMILES string of the molecule is Cc1cc(C(c2ccc3ccccc3c2)c2ccc3ccccc3c2)c(N)c(C(c2ccc3ccccc3c2)c2ccc3ccccc3c2)c1. The van der Waals surface area contributed by atoms with Crippen LogP contribution in [0.1, 0.15) is 50.8 Å². The molecule has 0 bridgehead atoms. The molecular weight excluding hydrogens is 603 g/mol. The van der Waals surface area contributed by atoms with Crippen molar-refractivity contribution in [2.75, 3.05) is 5.73 Å². The quantitative estimate of drug-likeness (QED) is 0.142. The molecule has 238 valence electrons. The first-order chi connectivity index (χ1) is 24.6. The van der Waals surface area contributed by atoms with E-state index in [4.69, 9.17) is 5.73 Å². The van der Waals surface area contributed by atoms with Crippen molar-refractivity contribution in [3.05, 3.63) is 221 Å². The topological polar surface area (TPSA) is 26.0 Å². The second-order valence-electron chi connectivity index (χ2n) is 13.6. The number of nitrogen functional groups attached to an aromatic ring is 1. The van der Waals surface area contributed by atoms with Crippen LogP contribution in [-0.2, 0) is 0 Å². The molecule has 0 aliphatic carbocycles. The van der Waals surface area contributed by atoms with Gasteiger partial charge in [0, 0.05) is 17.5 Å². The van der Waals surface area contributed by atoms with E-state index in [2.05, 4.69) is 189 Å². The average Bonchev–Trinajstić information content (AvgIpc) is 3.16. The van der Waals surface area contributed by atoms with Gasteiger partial charge in [0.15, 0.2) is 0 Å². The third-order valence-electron chi connectivity index (χ3n) is 10.4. The summed E-state index contributed by atoms with van der Waals surface area (Å²) in [5.74, 6) is -0.117. The highest BCUT2D eigenvalue weighted by molar-refractivity contribution is 5.87. The number of anilines is 1. The fraction of sp³-hybridized carbons (Fsp3) is 0.0612. The van der Waals surface area contributed by atoms with Crippen LogP contribution in [0.2, 0.25) is 0 Å². The van der Waals surface area contributed by atoms with E-state index in [0.29, 0.717) is 0 Å². The first-order valence-electron chi connectivity index (χ1n) is 17.4. The number of hydrogen-bond donors (Lipinski definition) is 1. The molecule has 0 heterocycles. The van der Waals surface area contributed by atoms with Gasteiger partial charge in [0.25, 0.3) is 0 Å². The van der Waals surface area contributed by atoms with E-state index in [1.807, 2.05) is 0 Å². The summed E-state index contributed by atoms with van der Waals surface area (Å²) >= 11 is 0. The van der Waals surface area contributed by atoms with Gasteiger partial charge in [-0.15, -0.1) is 0 Å². The Bertz CT molecular complexity index is 2360. The molecule has 9 aromatic rings. The van der Waals surface area contributed by atoms with E-state index in [9.17, 15) is 0 Å². The Hall–Kier alpha value is -6.18. The lowest BCUT2D eigenvalue weighted by molar-refractivity contribution is 0.946. The summed E-state index contributed by atoms with van der Waals surface area (Å²) in [4.78, 5) is 0. The Kier molecular flexibility index (Phi) is 7.40.